The normalized spacial score (nSPS) is 10.9. The lowest BCUT2D eigenvalue weighted by Gasteiger charge is -1.86. The molecule has 0 atom stereocenters. The number of nitrogens with one attached hydrogen (secondary N) is 1. The molecule has 0 unspecified atom stereocenters. The van der Waals surface area contributed by atoms with Crippen molar-refractivity contribution in [1.82, 2.24) is 10.1 Å². The number of hydrogen-bond acceptors (Lipinski definition) is 2. The molecule has 14 heavy (non-hydrogen) atoms. The third-order valence-corrected chi connectivity index (χ3v) is 2.23. The number of rotatable bonds is 1. The molecule has 3 rings (SSSR count). The van der Waals surface area contributed by atoms with Gasteiger partial charge in [-0.05, 0) is 12.1 Å². The summed E-state index contributed by atoms with van der Waals surface area (Å²) in [6.07, 6.45) is 1.64. The minimum atomic E-state index is 0.765. The van der Waals surface area contributed by atoms with Crippen molar-refractivity contribution in [2.24, 2.45) is 0 Å². The second-order valence-electron chi connectivity index (χ2n) is 3.15. The van der Waals surface area contributed by atoms with E-state index in [0.717, 1.165) is 17.0 Å². The molecule has 3 nitrogen and oxygen atoms in total. The molecule has 0 amide bonds. The van der Waals surface area contributed by atoms with Gasteiger partial charge in [-0.25, -0.2) is 0 Å². The van der Waals surface area contributed by atoms with E-state index in [1.54, 1.807) is 6.20 Å². The molecule has 0 radical (unpaired) electrons. The molecule has 0 aliphatic heterocycles. The first kappa shape index (κ1) is 7.38. The maximum atomic E-state index is 5.07. The van der Waals surface area contributed by atoms with Gasteiger partial charge >= 0.3 is 0 Å². The van der Waals surface area contributed by atoms with E-state index in [9.17, 15) is 0 Å². The summed E-state index contributed by atoms with van der Waals surface area (Å²) >= 11 is 0. The molecule has 0 saturated carbocycles. The van der Waals surface area contributed by atoms with E-state index < -0.39 is 0 Å². The van der Waals surface area contributed by atoms with Crippen LogP contribution in [0.1, 0.15) is 0 Å². The van der Waals surface area contributed by atoms with Crippen LogP contribution >= 0.6 is 0 Å². The molecule has 68 valence electrons. The Kier molecular flexibility index (Phi) is 1.44. The Bertz CT molecular complexity index is 518. The van der Waals surface area contributed by atoms with Crippen molar-refractivity contribution in [2.75, 3.05) is 0 Å². The fourth-order valence-electron chi connectivity index (χ4n) is 1.56. The zero-order valence-corrected chi connectivity index (χ0v) is 7.40. The number of aromatic nitrogens is 2. The Morgan fingerprint density at radius 3 is 2.86 bits per heavy atom. The van der Waals surface area contributed by atoms with Crippen molar-refractivity contribution in [2.45, 2.75) is 0 Å². The molecule has 3 aromatic rings. The van der Waals surface area contributed by atoms with Crippen molar-refractivity contribution in [3.8, 4) is 11.5 Å². The zero-order valence-electron chi connectivity index (χ0n) is 7.40. The first-order valence-corrected chi connectivity index (χ1v) is 4.42. The number of aromatic amines is 1. The summed E-state index contributed by atoms with van der Waals surface area (Å²) in [6.45, 7) is 0. The van der Waals surface area contributed by atoms with E-state index in [1.165, 1.54) is 5.39 Å². The average molecular weight is 184 g/mol. The van der Waals surface area contributed by atoms with Gasteiger partial charge in [-0.3, -0.25) is 0 Å². The fourth-order valence-corrected chi connectivity index (χ4v) is 1.56. The van der Waals surface area contributed by atoms with E-state index in [1.807, 2.05) is 24.3 Å². The summed E-state index contributed by atoms with van der Waals surface area (Å²) in [5.41, 5.74) is 2.07. The summed E-state index contributed by atoms with van der Waals surface area (Å²) in [5, 5.41) is 4.85. The van der Waals surface area contributed by atoms with Crippen molar-refractivity contribution >= 4 is 10.9 Å². The third-order valence-electron chi connectivity index (χ3n) is 2.23. The van der Waals surface area contributed by atoms with Gasteiger partial charge < -0.3 is 9.51 Å². The molecule has 3 heteroatoms. The van der Waals surface area contributed by atoms with E-state index in [2.05, 4.69) is 22.3 Å². The highest BCUT2D eigenvalue weighted by atomic mass is 16.5. The first-order chi connectivity index (χ1) is 6.93. The van der Waals surface area contributed by atoms with Gasteiger partial charge in [0, 0.05) is 17.0 Å². The van der Waals surface area contributed by atoms with Crippen molar-refractivity contribution in [3.05, 3.63) is 42.6 Å². The molecule has 1 aromatic carbocycles. The van der Waals surface area contributed by atoms with Crippen LogP contribution in [-0.4, -0.2) is 10.1 Å². The van der Waals surface area contributed by atoms with E-state index in [-0.39, 0.29) is 0 Å². The highest BCUT2D eigenvalue weighted by Crippen LogP contribution is 2.23. The van der Waals surface area contributed by atoms with Gasteiger partial charge in [-0.2, -0.15) is 0 Å². The topological polar surface area (TPSA) is 41.8 Å². The van der Waals surface area contributed by atoms with E-state index in [4.69, 9.17) is 4.52 Å². The van der Waals surface area contributed by atoms with Crippen LogP contribution in [-0.2, 0) is 0 Å². The van der Waals surface area contributed by atoms with Gasteiger partial charge in [0.05, 0.1) is 11.9 Å². The van der Waals surface area contributed by atoms with Crippen LogP contribution in [0.5, 0.6) is 0 Å². The van der Waals surface area contributed by atoms with Crippen molar-refractivity contribution in [1.29, 1.82) is 0 Å². The molecule has 0 spiro atoms. The van der Waals surface area contributed by atoms with Gasteiger partial charge in [0.15, 0.2) is 5.76 Å². The van der Waals surface area contributed by atoms with Gasteiger partial charge in [-0.1, -0.05) is 23.4 Å². The fraction of sp³-hybridized carbons (Fsp3) is 0. The molecular formula is C11H8N2O. The van der Waals surface area contributed by atoms with E-state index >= 15 is 0 Å². The average Bonchev–Trinajstić information content (AvgIpc) is 2.86. The number of nitrogens with zero attached hydrogens (tertiary/aromatic N) is 1. The number of H-pyrrole nitrogens is 1. The van der Waals surface area contributed by atoms with Gasteiger partial charge in [-0.15, -0.1) is 0 Å². The van der Waals surface area contributed by atoms with Crippen LogP contribution in [0.15, 0.2) is 47.1 Å². The molecule has 0 fully saturated rings. The Balaban J connectivity index is 2.24. The van der Waals surface area contributed by atoms with Crippen LogP contribution in [0, 0.1) is 0 Å². The first-order valence-electron chi connectivity index (χ1n) is 4.42. The lowest BCUT2D eigenvalue weighted by atomic mass is 10.2. The maximum Gasteiger partial charge on any atom is 0.183 e. The minimum Gasteiger partial charge on any atom is -0.355 e. The Morgan fingerprint density at radius 1 is 1.14 bits per heavy atom. The zero-order chi connectivity index (χ0) is 9.38. The van der Waals surface area contributed by atoms with Crippen LogP contribution in [0.2, 0.25) is 0 Å². The van der Waals surface area contributed by atoms with Gasteiger partial charge in [0.1, 0.15) is 0 Å². The van der Waals surface area contributed by atoms with Crippen LogP contribution in [0.4, 0.5) is 0 Å². The van der Waals surface area contributed by atoms with Crippen LogP contribution in [0.25, 0.3) is 22.4 Å². The largest absolute Gasteiger partial charge is 0.355 e. The SMILES string of the molecule is c1ccc2[nH]c(-c3ccno3)cc2c1. The summed E-state index contributed by atoms with van der Waals surface area (Å²) in [7, 11) is 0. The highest BCUT2D eigenvalue weighted by molar-refractivity contribution is 5.84. The molecule has 1 N–H and O–H groups in total. The monoisotopic (exact) mass is 184 g/mol. The number of fused-ring (bicyclic) bond motifs is 1. The van der Waals surface area contributed by atoms with Crippen molar-refractivity contribution in [3.63, 3.8) is 0 Å². The van der Waals surface area contributed by atoms with Crippen molar-refractivity contribution < 1.29 is 4.52 Å². The number of benzene rings is 1. The second kappa shape index (κ2) is 2.73. The molecule has 0 saturated heterocycles. The summed E-state index contributed by atoms with van der Waals surface area (Å²) in [4.78, 5) is 3.26. The van der Waals surface area contributed by atoms with E-state index in [0.29, 0.717) is 0 Å². The van der Waals surface area contributed by atoms with Gasteiger partial charge in [0.25, 0.3) is 0 Å². The second-order valence-corrected chi connectivity index (χ2v) is 3.15. The smallest absolute Gasteiger partial charge is 0.183 e. The lowest BCUT2D eigenvalue weighted by Crippen LogP contribution is -1.70. The predicted octanol–water partition coefficient (Wildman–Crippen LogP) is 2.82. The maximum absolute atomic E-state index is 5.07. The predicted molar refractivity (Wildman–Crippen MR) is 53.8 cm³/mol. The highest BCUT2D eigenvalue weighted by Gasteiger charge is 2.04. The van der Waals surface area contributed by atoms with Crippen LogP contribution < -0.4 is 0 Å². The molecule has 2 aromatic heterocycles. The molecule has 0 aliphatic carbocycles. The van der Waals surface area contributed by atoms with Gasteiger partial charge in [0.2, 0.25) is 0 Å². The summed E-state index contributed by atoms with van der Waals surface area (Å²) in [6, 6.07) is 12.0. The molecule has 2 heterocycles. The number of para-hydroxylation sites is 1. The number of hydrogen-bond donors (Lipinski definition) is 1. The molecular weight excluding hydrogens is 176 g/mol. The molecule has 0 bridgehead atoms. The lowest BCUT2D eigenvalue weighted by molar-refractivity contribution is 0.431. The Labute approximate surface area is 80.3 Å². The quantitative estimate of drug-likeness (QED) is 0.631. The molecule has 0 aliphatic rings. The summed E-state index contributed by atoms with van der Waals surface area (Å²) < 4.78 is 5.07. The Morgan fingerprint density at radius 2 is 2.07 bits per heavy atom. The minimum absolute atomic E-state index is 0.765. The standard InChI is InChI=1S/C11H8N2O/c1-2-4-9-8(3-1)7-10(13-9)11-5-6-12-14-11/h1-7,13H. The summed E-state index contributed by atoms with van der Waals surface area (Å²) in [5.74, 6) is 0.765. The third kappa shape index (κ3) is 1.03. The Hall–Kier alpha value is -2.03. The van der Waals surface area contributed by atoms with Crippen LogP contribution in [0.3, 0.4) is 0 Å².